The second-order valence-corrected chi connectivity index (χ2v) is 5.59. The van der Waals surface area contributed by atoms with Crippen LogP contribution < -0.4 is 0 Å². The first-order chi connectivity index (χ1) is 7.65. The molecule has 0 N–H and O–H groups in total. The van der Waals surface area contributed by atoms with Crippen molar-refractivity contribution in [3.8, 4) is 0 Å². The Labute approximate surface area is 116 Å². The van der Waals surface area contributed by atoms with E-state index < -0.39 is 0 Å². The number of hydrogen-bond acceptors (Lipinski definition) is 3. The molecule has 0 saturated carbocycles. The van der Waals surface area contributed by atoms with Gasteiger partial charge in [-0.25, -0.2) is 9.97 Å². The van der Waals surface area contributed by atoms with Crippen molar-refractivity contribution >= 4 is 50.9 Å². The average Bonchev–Trinajstić information content (AvgIpc) is 2.25. The fourth-order valence-electron chi connectivity index (χ4n) is 0.999. The summed E-state index contributed by atoms with van der Waals surface area (Å²) >= 11 is 16.4. The van der Waals surface area contributed by atoms with E-state index in [2.05, 4.69) is 25.9 Å². The molecular weight excluding hydrogens is 331 g/mol. The van der Waals surface area contributed by atoms with Crippen LogP contribution >= 0.6 is 50.9 Å². The topological polar surface area (TPSA) is 25.8 Å². The molecule has 0 amide bonds. The summed E-state index contributed by atoms with van der Waals surface area (Å²) in [4.78, 5) is 8.38. The highest BCUT2D eigenvalue weighted by atomic mass is 79.9. The van der Waals surface area contributed by atoms with Crippen LogP contribution in [0, 0.1) is 0 Å². The highest BCUT2D eigenvalue weighted by Gasteiger charge is 2.05. The van der Waals surface area contributed by atoms with Crippen molar-refractivity contribution in [2.45, 2.75) is 10.1 Å². The number of hydrogen-bond donors (Lipinski definition) is 0. The van der Waals surface area contributed by atoms with Gasteiger partial charge < -0.3 is 0 Å². The molecule has 0 radical (unpaired) electrons. The summed E-state index contributed by atoms with van der Waals surface area (Å²) < 4.78 is 0.849. The predicted octanol–water partition coefficient (Wildman–Crippen LogP) is 4.70. The van der Waals surface area contributed by atoms with E-state index >= 15 is 0 Å². The molecule has 16 heavy (non-hydrogen) atoms. The minimum Gasteiger partial charge on any atom is -0.248 e. The molecule has 2 heterocycles. The van der Waals surface area contributed by atoms with Crippen molar-refractivity contribution in [1.29, 1.82) is 0 Å². The molecule has 0 aromatic carbocycles. The molecule has 0 aliphatic heterocycles. The van der Waals surface area contributed by atoms with Gasteiger partial charge >= 0.3 is 0 Å². The number of rotatable bonds is 2. The molecule has 2 aromatic rings. The van der Waals surface area contributed by atoms with Crippen molar-refractivity contribution in [3.63, 3.8) is 0 Å². The van der Waals surface area contributed by atoms with Gasteiger partial charge in [-0.2, -0.15) is 0 Å². The van der Waals surface area contributed by atoms with Gasteiger partial charge in [0.2, 0.25) is 0 Å². The van der Waals surface area contributed by atoms with Gasteiger partial charge in [-0.3, -0.25) is 0 Å². The second kappa shape index (κ2) is 5.36. The van der Waals surface area contributed by atoms with Crippen molar-refractivity contribution in [1.82, 2.24) is 9.97 Å². The molecule has 6 heteroatoms. The molecule has 0 fully saturated rings. The van der Waals surface area contributed by atoms with Gasteiger partial charge in [0, 0.05) is 12.4 Å². The van der Waals surface area contributed by atoms with Gasteiger partial charge in [0.25, 0.3) is 0 Å². The lowest BCUT2D eigenvalue weighted by molar-refractivity contribution is 1.08. The first-order valence-corrected chi connectivity index (χ1v) is 6.62. The zero-order valence-electron chi connectivity index (χ0n) is 7.82. The maximum absolute atomic E-state index is 5.81. The second-order valence-electron chi connectivity index (χ2n) is 2.86. The van der Waals surface area contributed by atoms with E-state index in [9.17, 15) is 0 Å². The highest BCUT2D eigenvalue weighted by Crippen LogP contribution is 2.32. The maximum Gasteiger partial charge on any atom is 0.117 e. The maximum atomic E-state index is 5.81. The SMILES string of the molecule is Clc1ccc(Sc2ncc(Cl)cc2Br)nc1. The largest absolute Gasteiger partial charge is 0.248 e. The molecule has 2 aromatic heterocycles. The van der Waals surface area contributed by atoms with Crippen LogP contribution in [-0.2, 0) is 0 Å². The molecule has 2 nitrogen and oxygen atoms in total. The number of aromatic nitrogens is 2. The van der Waals surface area contributed by atoms with E-state index in [4.69, 9.17) is 23.2 Å². The Morgan fingerprint density at radius 1 is 1.06 bits per heavy atom. The Hall–Kier alpha value is -0.290. The minimum atomic E-state index is 0.597. The van der Waals surface area contributed by atoms with Gasteiger partial charge in [-0.1, -0.05) is 23.2 Å². The molecule has 0 saturated heterocycles. The lowest BCUT2D eigenvalue weighted by Crippen LogP contribution is -1.84. The van der Waals surface area contributed by atoms with Crippen LogP contribution in [0.3, 0.4) is 0 Å². The molecule has 0 atom stereocenters. The van der Waals surface area contributed by atoms with E-state index in [-0.39, 0.29) is 0 Å². The summed E-state index contributed by atoms with van der Waals surface area (Å²) in [5.74, 6) is 0. The van der Waals surface area contributed by atoms with Gasteiger partial charge in [-0.15, -0.1) is 0 Å². The van der Waals surface area contributed by atoms with Gasteiger partial charge in [0.05, 0.1) is 14.5 Å². The number of halogens is 3. The van der Waals surface area contributed by atoms with Crippen molar-refractivity contribution in [3.05, 3.63) is 45.1 Å². The van der Waals surface area contributed by atoms with E-state index in [1.807, 2.05) is 6.07 Å². The molecule has 0 spiro atoms. The molecule has 0 unspecified atom stereocenters. The Morgan fingerprint density at radius 2 is 1.81 bits per heavy atom. The number of pyridine rings is 2. The van der Waals surface area contributed by atoms with E-state index in [0.717, 1.165) is 14.5 Å². The van der Waals surface area contributed by atoms with Crippen molar-refractivity contribution < 1.29 is 0 Å². The fraction of sp³-hybridized carbons (Fsp3) is 0. The van der Waals surface area contributed by atoms with Crippen LogP contribution in [0.4, 0.5) is 0 Å². The smallest absolute Gasteiger partial charge is 0.117 e. The minimum absolute atomic E-state index is 0.597. The van der Waals surface area contributed by atoms with Crippen LogP contribution in [0.25, 0.3) is 0 Å². The lowest BCUT2D eigenvalue weighted by atomic mass is 10.5. The Bertz CT molecular complexity index is 505. The average molecular weight is 336 g/mol. The first-order valence-electron chi connectivity index (χ1n) is 4.25. The first kappa shape index (κ1) is 12.2. The zero-order valence-corrected chi connectivity index (χ0v) is 11.7. The van der Waals surface area contributed by atoms with Gasteiger partial charge in [0.15, 0.2) is 0 Å². The third-order valence-electron chi connectivity index (χ3n) is 1.68. The van der Waals surface area contributed by atoms with Crippen LogP contribution in [0.5, 0.6) is 0 Å². The fourth-order valence-corrected chi connectivity index (χ4v) is 2.69. The molecule has 0 aliphatic rings. The summed E-state index contributed by atoms with van der Waals surface area (Å²) in [5.41, 5.74) is 0. The van der Waals surface area contributed by atoms with Crippen LogP contribution in [0.1, 0.15) is 0 Å². The van der Waals surface area contributed by atoms with E-state index in [0.29, 0.717) is 10.0 Å². The van der Waals surface area contributed by atoms with E-state index in [1.54, 1.807) is 24.5 Å². The van der Waals surface area contributed by atoms with Crippen molar-refractivity contribution in [2.75, 3.05) is 0 Å². The van der Waals surface area contributed by atoms with Gasteiger partial charge in [-0.05, 0) is 45.9 Å². The molecule has 0 bridgehead atoms. The van der Waals surface area contributed by atoms with Gasteiger partial charge in [0.1, 0.15) is 10.1 Å². The summed E-state index contributed by atoms with van der Waals surface area (Å²) in [7, 11) is 0. The normalized spacial score (nSPS) is 10.4. The van der Waals surface area contributed by atoms with Crippen LogP contribution in [0.15, 0.2) is 45.1 Å². The standard InChI is InChI=1S/C10H5BrCl2N2S/c11-8-3-7(13)5-15-10(8)16-9-2-1-6(12)4-14-9/h1-5H. The van der Waals surface area contributed by atoms with Crippen LogP contribution in [-0.4, -0.2) is 9.97 Å². The monoisotopic (exact) mass is 334 g/mol. The Kier molecular flexibility index (Phi) is 4.08. The van der Waals surface area contributed by atoms with E-state index in [1.165, 1.54) is 11.8 Å². The number of nitrogens with zero attached hydrogens (tertiary/aromatic N) is 2. The zero-order chi connectivity index (χ0) is 11.5. The third kappa shape index (κ3) is 3.10. The Morgan fingerprint density at radius 3 is 2.44 bits per heavy atom. The molecule has 2 rings (SSSR count). The summed E-state index contributed by atoms with van der Waals surface area (Å²) in [6.07, 6.45) is 3.21. The summed E-state index contributed by atoms with van der Waals surface area (Å²) in [6, 6.07) is 5.43. The lowest BCUT2D eigenvalue weighted by Gasteiger charge is -2.02. The quantitative estimate of drug-likeness (QED) is 0.795. The third-order valence-corrected chi connectivity index (χ3v) is 3.94. The summed E-state index contributed by atoms with van der Waals surface area (Å²) in [6.45, 7) is 0. The predicted molar refractivity (Wildman–Crippen MR) is 70.3 cm³/mol. The highest BCUT2D eigenvalue weighted by molar-refractivity contribution is 9.10. The molecule has 82 valence electrons. The molecule has 0 aliphatic carbocycles. The summed E-state index contributed by atoms with van der Waals surface area (Å²) in [5, 5.41) is 2.87. The van der Waals surface area contributed by atoms with Crippen molar-refractivity contribution in [2.24, 2.45) is 0 Å². The van der Waals surface area contributed by atoms with Crippen LogP contribution in [0.2, 0.25) is 10.0 Å². The molecular formula is C10H5BrCl2N2S. The Balaban J connectivity index is 2.23.